The van der Waals surface area contributed by atoms with E-state index in [1.165, 1.54) is 0 Å². The molecule has 106 valence electrons. The van der Waals surface area contributed by atoms with E-state index in [1.807, 2.05) is 12.1 Å². The zero-order valence-electron chi connectivity index (χ0n) is 11.0. The molecule has 0 bridgehead atoms. The second-order valence-electron chi connectivity index (χ2n) is 4.15. The third-order valence-electron chi connectivity index (χ3n) is 2.70. The molecule has 1 aromatic carbocycles. The topological polar surface area (TPSA) is 51.5 Å². The van der Waals surface area contributed by atoms with E-state index < -0.39 is 0 Å². The van der Waals surface area contributed by atoms with Gasteiger partial charge in [0.2, 0.25) is 0 Å². The summed E-state index contributed by atoms with van der Waals surface area (Å²) in [4.78, 5) is 11.9. The number of nitrogens with one attached hydrogen (secondary N) is 1. The van der Waals surface area contributed by atoms with Gasteiger partial charge in [0.25, 0.3) is 5.91 Å². The highest BCUT2D eigenvalue weighted by Gasteiger charge is 2.05. The Hall–Kier alpha value is -1.75. The molecular formula is C15H16BrNO3. The summed E-state index contributed by atoms with van der Waals surface area (Å²) in [6.45, 7) is 1.16. The van der Waals surface area contributed by atoms with Crippen molar-refractivity contribution < 1.29 is 13.9 Å². The zero-order chi connectivity index (χ0) is 14.2. The first-order valence-corrected chi connectivity index (χ1v) is 7.51. The van der Waals surface area contributed by atoms with Gasteiger partial charge in [0.1, 0.15) is 11.5 Å². The van der Waals surface area contributed by atoms with E-state index in [0.29, 0.717) is 25.1 Å². The number of halogens is 1. The fraction of sp³-hybridized carbons (Fsp3) is 0.267. The molecule has 0 radical (unpaired) electrons. The van der Waals surface area contributed by atoms with Crippen LogP contribution in [0, 0.1) is 0 Å². The van der Waals surface area contributed by atoms with Gasteiger partial charge in [0.05, 0.1) is 12.9 Å². The highest BCUT2D eigenvalue weighted by Crippen LogP contribution is 2.12. The lowest BCUT2D eigenvalue weighted by Gasteiger charge is -2.06. The maximum absolute atomic E-state index is 11.9. The zero-order valence-corrected chi connectivity index (χ0v) is 12.6. The van der Waals surface area contributed by atoms with Crippen LogP contribution in [0.4, 0.5) is 0 Å². The average Bonchev–Trinajstić information content (AvgIpc) is 2.99. The molecule has 0 saturated heterocycles. The molecule has 0 spiro atoms. The van der Waals surface area contributed by atoms with Gasteiger partial charge in [0, 0.05) is 23.9 Å². The number of benzene rings is 1. The number of carbonyl (C=O) groups is 1. The standard InChI is InChI=1S/C15H16BrNO3/c16-8-11-20-14-5-3-12(4-6-14)15(18)17-9-7-13-2-1-10-19-13/h1-6,10H,7-9,11H2,(H,17,18). The summed E-state index contributed by atoms with van der Waals surface area (Å²) in [5.74, 6) is 1.53. The second-order valence-corrected chi connectivity index (χ2v) is 4.94. The van der Waals surface area contributed by atoms with Crippen LogP contribution >= 0.6 is 15.9 Å². The van der Waals surface area contributed by atoms with Crippen LogP contribution in [0.25, 0.3) is 0 Å². The minimum atomic E-state index is -0.0939. The molecule has 20 heavy (non-hydrogen) atoms. The average molecular weight is 338 g/mol. The van der Waals surface area contributed by atoms with E-state index in [2.05, 4.69) is 21.2 Å². The van der Waals surface area contributed by atoms with Gasteiger partial charge in [-0.15, -0.1) is 0 Å². The molecule has 2 aromatic rings. The van der Waals surface area contributed by atoms with Gasteiger partial charge < -0.3 is 14.5 Å². The van der Waals surface area contributed by atoms with Crippen LogP contribution in [-0.2, 0) is 6.42 Å². The Kier molecular flexibility index (Phi) is 5.68. The van der Waals surface area contributed by atoms with E-state index >= 15 is 0 Å². The molecule has 0 fully saturated rings. The first kappa shape index (κ1) is 14.7. The Balaban J connectivity index is 1.79. The summed E-state index contributed by atoms with van der Waals surface area (Å²) in [7, 11) is 0. The molecule has 1 amide bonds. The fourth-order valence-electron chi connectivity index (χ4n) is 1.72. The van der Waals surface area contributed by atoms with Crippen LogP contribution < -0.4 is 10.1 Å². The Bertz CT molecular complexity index is 523. The molecule has 0 atom stereocenters. The third-order valence-corrected chi connectivity index (χ3v) is 3.02. The van der Waals surface area contributed by atoms with Gasteiger partial charge in [-0.2, -0.15) is 0 Å². The Morgan fingerprint density at radius 1 is 1.25 bits per heavy atom. The van der Waals surface area contributed by atoms with E-state index in [0.717, 1.165) is 16.8 Å². The SMILES string of the molecule is O=C(NCCc1ccco1)c1ccc(OCCBr)cc1. The molecular weight excluding hydrogens is 322 g/mol. The van der Waals surface area contributed by atoms with Crippen LogP contribution in [0.2, 0.25) is 0 Å². The van der Waals surface area contributed by atoms with E-state index in [9.17, 15) is 4.79 Å². The van der Waals surface area contributed by atoms with Crippen molar-refractivity contribution in [2.45, 2.75) is 6.42 Å². The number of rotatable bonds is 7. The number of ether oxygens (including phenoxy) is 1. The van der Waals surface area contributed by atoms with Crippen molar-refractivity contribution in [3.8, 4) is 5.75 Å². The largest absolute Gasteiger partial charge is 0.493 e. The predicted molar refractivity (Wildman–Crippen MR) is 80.5 cm³/mol. The van der Waals surface area contributed by atoms with Crippen molar-refractivity contribution in [2.24, 2.45) is 0 Å². The quantitative estimate of drug-likeness (QED) is 0.790. The van der Waals surface area contributed by atoms with Gasteiger partial charge in [0.15, 0.2) is 0 Å². The van der Waals surface area contributed by atoms with Crippen LogP contribution in [0.5, 0.6) is 5.75 Å². The van der Waals surface area contributed by atoms with Crippen LogP contribution in [-0.4, -0.2) is 24.4 Å². The van der Waals surface area contributed by atoms with Crippen LogP contribution in [0.3, 0.4) is 0 Å². The van der Waals surface area contributed by atoms with E-state index in [-0.39, 0.29) is 5.91 Å². The van der Waals surface area contributed by atoms with Crippen molar-refractivity contribution in [3.05, 3.63) is 54.0 Å². The van der Waals surface area contributed by atoms with Gasteiger partial charge in [-0.3, -0.25) is 4.79 Å². The van der Waals surface area contributed by atoms with Crippen molar-refractivity contribution >= 4 is 21.8 Å². The summed E-state index contributed by atoms with van der Waals surface area (Å²) in [6.07, 6.45) is 2.31. The molecule has 0 unspecified atom stereocenters. The molecule has 1 aromatic heterocycles. The first-order chi connectivity index (χ1) is 9.79. The number of furan rings is 1. The molecule has 2 rings (SSSR count). The molecule has 0 aliphatic heterocycles. The van der Waals surface area contributed by atoms with Crippen molar-refractivity contribution in [2.75, 3.05) is 18.5 Å². The summed E-state index contributed by atoms with van der Waals surface area (Å²) in [5.41, 5.74) is 0.621. The molecule has 4 nitrogen and oxygen atoms in total. The van der Waals surface area contributed by atoms with E-state index in [4.69, 9.17) is 9.15 Å². The lowest BCUT2D eigenvalue weighted by molar-refractivity contribution is 0.0953. The summed E-state index contributed by atoms with van der Waals surface area (Å²) < 4.78 is 10.6. The summed E-state index contributed by atoms with van der Waals surface area (Å²) in [6, 6.07) is 10.8. The normalized spacial score (nSPS) is 10.2. The monoisotopic (exact) mass is 337 g/mol. The van der Waals surface area contributed by atoms with Crippen molar-refractivity contribution in [1.29, 1.82) is 0 Å². The molecule has 0 saturated carbocycles. The lowest BCUT2D eigenvalue weighted by atomic mass is 10.2. The molecule has 5 heteroatoms. The van der Waals surface area contributed by atoms with Gasteiger partial charge in [-0.1, -0.05) is 15.9 Å². The fourth-order valence-corrected chi connectivity index (χ4v) is 1.88. The molecule has 0 aliphatic carbocycles. The summed E-state index contributed by atoms with van der Waals surface area (Å²) in [5, 5.41) is 3.63. The minimum Gasteiger partial charge on any atom is -0.493 e. The van der Waals surface area contributed by atoms with Crippen molar-refractivity contribution in [1.82, 2.24) is 5.32 Å². The number of amides is 1. The number of hydrogen-bond donors (Lipinski definition) is 1. The maximum Gasteiger partial charge on any atom is 0.251 e. The molecule has 1 heterocycles. The van der Waals surface area contributed by atoms with Crippen LogP contribution in [0.1, 0.15) is 16.1 Å². The number of carbonyl (C=O) groups excluding carboxylic acids is 1. The first-order valence-electron chi connectivity index (χ1n) is 6.39. The molecule has 1 N–H and O–H groups in total. The summed E-state index contributed by atoms with van der Waals surface area (Å²) >= 11 is 3.29. The Labute approximate surface area is 126 Å². The van der Waals surface area contributed by atoms with Crippen molar-refractivity contribution in [3.63, 3.8) is 0 Å². The van der Waals surface area contributed by atoms with E-state index in [1.54, 1.807) is 30.5 Å². The molecule has 0 aliphatic rings. The minimum absolute atomic E-state index is 0.0939. The smallest absolute Gasteiger partial charge is 0.251 e. The highest BCUT2D eigenvalue weighted by molar-refractivity contribution is 9.09. The number of hydrogen-bond acceptors (Lipinski definition) is 3. The van der Waals surface area contributed by atoms with Gasteiger partial charge in [-0.05, 0) is 36.4 Å². The van der Waals surface area contributed by atoms with Gasteiger partial charge >= 0.3 is 0 Å². The van der Waals surface area contributed by atoms with Gasteiger partial charge in [-0.25, -0.2) is 0 Å². The second kappa shape index (κ2) is 7.75. The van der Waals surface area contributed by atoms with Crippen LogP contribution in [0.15, 0.2) is 47.1 Å². The highest BCUT2D eigenvalue weighted by atomic mass is 79.9. The Morgan fingerprint density at radius 3 is 2.70 bits per heavy atom. The maximum atomic E-state index is 11.9. The lowest BCUT2D eigenvalue weighted by Crippen LogP contribution is -2.25. The predicted octanol–water partition coefficient (Wildman–Crippen LogP) is 3.03. The third kappa shape index (κ3) is 4.42. The Morgan fingerprint density at radius 2 is 2.05 bits per heavy atom. The number of alkyl halides is 1.